The number of aliphatic carboxylic acids is 2. The Morgan fingerprint density at radius 2 is 1.44 bits per heavy atom. The summed E-state index contributed by atoms with van der Waals surface area (Å²) in [6.45, 7) is 7.09. The van der Waals surface area contributed by atoms with Gasteiger partial charge in [-0.1, -0.05) is 53.4 Å². The van der Waals surface area contributed by atoms with Gasteiger partial charge in [0, 0.05) is 0 Å². The molecule has 0 aromatic carbocycles. The van der Waals surface area contributed by atoms with Crippen molar-refractivity contribution in [2.24, 2.45) is 10.8 Å². The van der Waals surface area contributed by atoms with Crippen LogP contribution in [0.5, 0.6) is 0 Å². The van der Waals surface area contributed by atoms with E-state index in [2.05, 4.69) is 6.92 Å². The maximum absolute atomic E-state index is 11.4. The average Bonchev–Trinajstić information content (AvgIpc) is 2.14. The summed E-state index contributed by atoms with van der Waals surface area (Å²) in [5.41, 5.74) is -2.47. The van der Waals surface area contributed by atoms with Gasteiger partial charge in [-0.15, -0.1) is 0 Å². The largest absolute Gasteiger partial charge is 1.00 e. The summed E-state index contributed by atoms with van der Waals surface area (Å²) < 4.78 is 0. The van der Waals surface area contributed by atoms with Crippen LogP contribution in [-0.4, -0.2) is 22.2 Å². The topological polar surface area (TPSA) is 74.6 Å². The summed E-state index contributed by atoms with van der Waals surface area (Å²) in [6.07, 6.45) is 3.78. The third-order valence-electron chi connectivity index (χ3n) is 3.42. The molecular formula is C13H25KO4. The number of hydrogen-bond donors (Lipinski definition) is 2. The van der Waals surface area contributed by atoms with Gasteiger partial charge in [-0.25, -0.2) is 0 Å². The molecule has 0 radical (unpaired) electrons. The van der Waals surface area contributed by atoms with E-state index < -0.39 is 22.8 Å². The van der Waals surface area contributed by atoms with E-state index in [0.717, 1.165) is 19.3 Å². The van der Waals surface area contributed by atoms with Crippen LogP contribution >= 0.6 is 0 Å². The fraction of sp³-hybridized carbons (Fsp3) is 0.846. The van der Waals surface area contributed by atoms with E-state index in [1.54, 1.807) is 20.8 Å². The molecule has 2 N–H and O–H groups in total. The van der Waals surface area contributed by atoms with Gasteiger partial charge < -0.3 is 11.6 Å². The minimum absolute atomic E-state index is 0. The number of carboxylic acid groups (broad SMARTS) is 2. The van der Waals surface area contributed by atoms with Crippen molar-refractivity contribution in [1.82, 2.24) is 0 Å². The molecule has 102 valence electrons. The Kier molecular flexibility index (Phi) is 10.1. The third kappa shape index (κ3) is 4.93. The van der Waals surface area contributed by atoms with Crippen LogP contribution in [0.2, 0.25) is 0 Å². The minimum atomic E-state index is -1.68. The molecule has 0 saturated heterocycles. The zero-order valence-electron chi connectivity index (χ0n) is 13.2. The molecule has 0 atom stereocenters. The van der Waals surface area contributed by atoms with Crippen molar-refractivity contribution in [3.63, 3.8) is 0 Å². The molecule has 0 bridgehead atoms. The first-order valence-corrected chi connectivity index (χ1v) is 6.17. The van der Waals surface area contributed by atoms with Crippen LogP contribution in [0.4, 0.5) is 0 Å². The molecular weight excluding hydrogens is 259 g/mol. The van der Waals surface area contributed by atoms with Gasteiger partial charge >= 0.3 is 63.3 Å². The van der Waals surface area contributed by atoms with Crippen LogP contribution < -0.4 is 51.4 Å². The van der Waals surface area contributed by atoms with Gasteiger partial charge in [0.05, 0.1) is 0 Å². The predicted molar refractivity (Wildman–Crippen MR) is 67.0 cm³/mol. The summed E-state index contributed by atoms with van der Waals surface area (Å²) in [4.78, 5) is 22.8. The van der Waals surface area contributed by atoms with Gasteiger partial charge in [0.15, 0.2) is 5.41 Å². The number of rotatable bonds is 7. The molecule has 0 saturated carbocycles. The number of unbranched alkanes of at least 4 members (excludes halogenated alkanes) is 3. The van der Waals surface area contributed by atoms with Crippen molar-refractivity contribution in [2.45, 2.75) is 59.8 Å². The molecule has 5 heteroatoms. The Morgan fingerprint density at radius 1 is 1.00 bits per heavy atom. The summed E-state index contributed by atoms with van der Waals surface area (Å²) in [5, 5.41) is 18.6. The first-order chi connectivity index (χ1) is 7.70. The molecule has 0 amide bonds. The van der Waals surface area contributed by atoms with Gasteiger partial charge in [-0.2, -0.15) is 0 Å². The fourth-order valence-electron chi connectivity index (χ4n) is 2.14. The zero-order valence-corrected chi connectivity index (χ0v) is 15.4. The zero-order chi connectivity index (χ0) is 13.7. The van der Waals surface area contributed by atoms with Crippen LogP contribution in [0, 0.1) is 10.8 Å². The van der Waals surface area contributed by atoms with E-state index in [-0.39, 0.29) is 59.2 Å². The molecule has 0 rings (SSSR count). The van der Waals surface area contributed by atoms with Gasteiger partial charge in [0.2, 0.25) is 0 Å². The van der Waals surface area contributed by atoms with Gasteiger partial charge in [0.1, 0.15) is 0 Å². The Bertz CT molecular complexity index is 273. The molecule has 0 fully saturated rings. The van der Waals surface area contributed by atoms with E-state index >= 15 is 0 Å². The molecule has 0 aromatic heterocycles. The number of carbonyl (C=O) groups is 2. The van der Waals surface area contributed by atoms with Crippen molar-refractivity contribution in [3.05, 3.63) is 0 Å². The van der Waals surface area contributed by atoms with Gasteiger partial charge in [0.25, 0.3) is 0 Å². The second-order valence-electron chi connectivity index (χ2n) is 5.58. The van der Waals surface area contributed by atoms with Crippen molar-refractivity contribution < 1.29 is 72.6 Å². The van der Waals surface area contributed by atoms with E-state index in [1.807, 2.05) is 0 Å². The Balaban J connectivity index is -0.00000128. The molecule has 0 aromatic rings. The van der Waals surface area contributed by atoms with E-state index in [0.29, 0.717) is 6.42 Å². The summed E-state index contributed by atoms with van der Waals surface area (Å²) >= 11 is 0. The van der Waals surface area contributed by atoms with Crippen molar-refractivity contribution in [2.75, 3.05) is 0 Å². The first-order valence-electron chi connectivity index (χ1n) is 6.17. The summed E-state index contributed by atoms with van der Waals surface area (Å²) in [6, 6.07) is 0. The summed E-state index contributed by atoms with van der Waals surface area (Å²) in [5.74, 6) is -2.46. The van der Waals surface area contributed by atoms with Crippen LogP contribution in [0.3, 0.4) is 0 Å². The van der Waals surface area contributed by atoms with Crippen molar-refractivity contribution in [1.29, 1.82) is 0 Å². The number of carboxylic acids is 2. The van der Waals surface area contributed by atoms with E-state index in [4.69, 9.17) is 0 Å². The van der Waals surface area contributed by atoms with Crippen LogP contribution in [0.15, 0.2) is 0 Å². The Morgan fingerprint density at radius 3 is 1.72 bits per heavy atom. The van der Waals surface area contributed by atoms with E-state index in [1.165, 1.54) is 0 Å². The van der Waals surface area contributed by atoms with Crippen molar-refractivity contribution >= 4 is 11.9 Å². The smallest absolute Gasteiger partial charge is 1.00 e. The second kappa shape index (κ2) is 8.69. The average molecular weight is 284 g/mol. The van der Waals surface area contributed by atoms with E-state index in [9.17, 15) is 19.8 Å². The maximum Gasteiger partial charge on any atom is 1.00 e. The fourth-order valence-corrected chi connectivity index (χ4v) is 2.14. The van der Waals surface area contributed by atoms with Crippen LogP contribution in [-0.2, 0) is 9.59 Å². The summed E-state index contributed by atoms with van der Waals surface area (Å²) in [7, 11) is 0. The Hall–Kier alpha value is 0.576. The van der Waals surface area contributed by atoms with Crippen LogP contribution in [0.25, 0.3) is 0 Å². The van der Waals surface area contributed by atoms with Gasteiger partial charge in [-0.05, 0) is 11.8 Å². The van der Waals surface area contributed by atoms with Crippen LogP contribution in [0.1, 0.15) is 61.2 Å². The normalized spacial score (nSPS) is 11.8. The second-order valence-corrected chi connectivity index (χ2v) is 5.58. The van der Waals surface area contributed by atoms with Gasteiger partial charge in [-0.3, -0.25) is 9.59 Å². The number of hydrogen-bond acceptors (Lipinski definition) is 2. The van der Waals surface area contributed by atoms with Crippen molar-refractivity contribution in [3.8, 4) is 0 Å². The molecule has 4 nitrogen and oxygen atoms in total. The molecule has 0 spiro atoms. The molecule has 0 unspecified atom stereocenters. The SMILES string of the molecule is CCCCCCC(C(=O)O)(C(=O)O)C(C)(C)C.[H-].[K+]. The molecule has 18 heavy (non-hydrogen) atoms. The molecule has 0 heterocycles. The quantitative estimate of drug-likeness (QED) is 0.400. The molecule has 0 aliphatic heterocycles. The molecule has 0 aliphatic rings. The maximum atomic E-state index is 11.4. The molecule has 0 aliphatic carbocycles. The minimum Gasteiger partial charge on any atom is -1.00 e. The standard InChI is InChI=1S/C13H24O4.K.H/c1-5-6-7-8-9-13(10(14)15,11(16)17)12(2,3)4;;/h5-9H2,1-4H3,(H,14,15)(H,16,17);;/q;+1;-1. The Labute approximate surface area is 153 Å². The predicted octanol–water partition coefficient (Wildman–Crippen LogP) is 0.275. The monoisotopic (exact) mass is 284 g/mol. The first kappa shape index (κ1) is 20.9. The third-order valence-corrected chi connectivity index (χ3v) is 3.42.